The predicted molar refractivity (Wildman–Crippen MR) is 76.9 cm³/mol. The molecule has 6 heteroatoms. The van der Waals surface area contributed by atoms with Crippen LogP contribution in [0.3, 0.4) is 0 Å². The van der Waals surface area contributed by atoms with Crippen LogP contribution in [0.2, 0.25) is 0 Å². The lowest BCUT2D eigenvalue weighted by molar-refractivity contribution is 0.359. The standard InChI is InChI=1S/C13H21N3O2S/c1-17-12-11(13(18-2)16-9-15-12)8-14-7-10-5-3-4-6-19-10/h9-10,14H,3-8H2,1-2H3. The number of hydrogen-bond acceptors (Lipinski definition) is 6. The maximum Gasteiger partial charge on any atom is 0.224 e. The summed E-state index contributed by atoms with van der Waals surface area (Å²) < 4.78 is 10.5. The van der Waals surface area contributed by atoms with E-state index < -0.39 is 0 Å². The van der Waals surface area contributed by atoms with Crippen molar-refractivity contribution in [2.24, 2.45) is 0 Å². The predicted octanol–water partition coefficient (Wildman–Crippen LogP) is 1.87. The van der Waals surface area contributed by atoms with Gasteiger partial charge in [0.15, 0.2) is 0 Å². The van der Waals surface area contributed by atoms with Crippen molar-refractivity contribution in [1.29, 1.82) is 0 Å². The maximum absolute atomic E-state index is 5.25. The topological polar surface area (TPSA) is 56.3 Å². The fourth-order valence-electron chi connectivity index (χ4n) is 2.21. The van der Waals surface area contributed by atoms with Crippen molar-refractivity contribution in [2.45, 2.75) is 31.1 Å². The van der Waals surface area contributed by atoms with Crippen LogP contribution in [0.5, 0.6) is 11.8 Å². The Morgan fingerprint density at radius 2 is 2.00 bits per heavy atom. The normalized spacial score (nSPS) is 19.2. The van der Waals surface area contributed by atoms with Crippen LogP contribution in [0.25, 0.3) is 0 Å². The number of ether oxygens (including phenoxy) is 2. The molecule has 0 bridgehead atoms. The van der Waals surface area contributed by atoms with E-state index in [1.54, 1.807) is 14.2 Å². The molecule has 2 heterocycles. The van der Waals surface area contributed by atoms with Crippen molar-refractivity contribution >= 4 is 11.8 Å². The van der Waals surface area contributed by atoms with E-state index in [1.807, 2.05) is 0 Å². The molecule has 1 fully saturated rings. The number of nitrogens with one attached hydrogen (secondary N) is 1. The van der Waals surface area contributed by atoms with E-state index in [1.165, 1.54) is 31.3 Å². The molecule has 1 aromatic rings. The quantitative estimate of drug-likeness (QED) is 0.860. The summed E-state index contributed by atoms with van der Waals surface area (Å²) in [6.45, 7) is 1.68. The average molecular weight is 283 g/mol. The first-order chi connectivity index (χ1) is 9.35. The van der Waals surface area contributed by atoms with E-state index in [9.17, 15) is 0 Å². The highest BCUT2D eigenvalue weighted by Gasteiger charge is 2.16. The number of aromatic nitrogens is 2. The van der Waals surface area contributed by atoms with Gasteiger partial charge in [-0.05, 0) is 18.6 Å². The number of rotatable bonds is 6. The van der Waals surface area contributed by atoms with Crippen molar-refractivity contribution in [1.82, 2.24) is 15.3 Å². The van der Waals surface area contributed by atoms with E-state index in [4.69, 9.17) is 9.47 Å². The SMILES string of the molecule is COc1ncnc(OC)c1CNCC1CCCCS1. The molecule has 5 nitrogen and oxygen atoms in total. The number of hydrogen-bond donors (Lipinski definition) is 1. The third-order valence-corrected chi connectivity index (χ3v) is 4.60. The van der Waals surface area contributed by atoms with Gasteiger partial charge in [-0.3, -0.25) is 0 Å². The molecule has 0 amide bonds. The van der Waals surface area contributed by atoms with Gasteiger partial charge in [0.25, 0.3) is 0 Å². The Morgan fingerprint density at radius 1 is 1.26 bits per heavy atom. The summed E-state index contributed by atoms with van der Waals surface area (Å²) in [6, 6.07) is 0. The summed E-state index contributed by atoms with van der Waals surface area (Å²) in [6.07, 6.45) is 5.46. The molecule has 0 spiro atoms. The van der Waals surface area contributed by atoms with E-state index >= 15 is 0 Å². The summed E-state index contributed by atoms with van der Waals surface area (Å²) in [5.74, 6) is 2.44. The minimum absolute atomic E-state index is 0.579. The average Bonchev–Trinajstić information content (AvgIpc) is 2.48. The minimum Gasteiger partial charge on any atom is -0.481 e. The lowest BCUT2D eigenvalue weighted by atomic mass is 10.2. The van der Waals surface area contributed by atoms with Crippen molar-refractivity contribution in [2.75, 3.05) is 26.5 Å². The van der Waals surface area contributed by atoms with Crippen LogP contribution in [0, 0.1) is 0 Å². The largest absolute Gasteiger partial charge is 0.481 e. The highest BCUT2D eigenvalue weighted by atomic mass is 32.2. The second-order valence-corrected chi connectivity index (χ2v) is 5.90. The van der Waals surface area contributed by atoms with E-state index in [0.29, 0.717) is 18.3 Å². The Balaban J connectivity index is 1.90. The molecule has 0 saturated carbocycles. The van der Waals surface area contributed by atoms with Crippen LogP contribution in [-0.4, -0.2) is 41.7 Å². The lowest BCUT2D eigenvalue weighted by Gasteiger charge is -2.21. The molecule has 1 aromatic heterocycles. The van der Waals surface area contributed by atoms with Crippen LogP contribution >= 0.6 is 11.8 Å². The van der Waals surface area contributed by atoms with E-state index in [2.05, 4.69) is 27.0 Å². The minimum atomic E-state index is 0.579. The smallest absolute Gasteiger partial charge is 0.224 e. The molecule has 1 aliphatic rings. The number of thioether (sulfide) groups is 1. The highest BCUT2D eigenvalue weighted by molar-refractivity contribution is 7.99. The second-order valence-electron chi connectivity index (χ2n) is 4.49. The Kier molecular flexibility index (Phi) is 5.72. The van der Waals surface area contributed by atoms with Crippen LogP contribution < -0.4 is 14.8 Å². The van der Waals surface area contributed by atoms with Crippen molar-refractivity contribution in [3.05, 3.63) is 11.9 Å². The van der Waals surface area contributed by atoms with Gasteiger partial charge < -0.3 is 14.8 Å². The van der Waals surface area contributed by atoms with Gasteiger partial charge in [0.2, 0.25) is 11.8 Å². The summed E-state index contributed by atoms with van der Waals surface area (Å²) >= 11 is 2.06. The molecule has 0 aromatic carbocycles. The first-order valence-corrected chi connectivity index (χ1v) is 7.64. The summed E-state index contributed by atoms with van der Waals surface area (Å²) in [4.78, 5) is 8.23. The fraction of sp³-hybridized carbons (Fsp3) is 0.692. The maximum atomic E-state index is 5.25. The first-order valence-electron chi connectivity index (χ1n) is 6.59. The van der Waals surface area contributed by atoms with Crippen molar-refractivity contribution in [3.63, 3.8) is 0 Å². The Labute approximate surface area is 118 Å². The van der Waals surface area contributed by atoms with Gasteiger partial charge in [0.05, 0.1) is 19.8 Å². The van der Waals surface area contributed by atoms with Gasteiger partial charge >= 0.3 is 0 Å². The molecule has 2 rings (SSSR count). The van der Waals surface area contributed by atoms with Crippen LogP contribution in [-0.2, 0) is 6.54 Å². The Hall–Kier alpha value is -1.01. The Morgan fingerprint density at radius 3 is 2.58 bits per heavy atom. The van der Waals surface area contributed by atoms with Crippen LogP contribution in [0.4, 0.5) is 0 Å². The second kappa shape index (κ2) is 7.55. The van der Waals surface area contributed by atoms with E-state index in [0.717, 1.165) is 17.4 Å². The molecule has 1 unspecified atom stereocenters. The zero-order chi connectivity index (χ0) is 13.5. The Bertz CT molecular complexity index is 375. The molecule has 1 atom stereocenters. The molecule has 106 valence electrons. The van der Waals surface area contributed by atoms with Gasteiger partial charge in [0, 0.05) is 18.3 Å². The molecule has 1 N–H and O–H groups in total. The van der Waals surface area contributed by atoms with Crippen LogP contribution in [0.1, 0.15) is 24.8 Å². The van der Waals surface area contributed by atoms with Crippen molar-refractivity contribution in [3.8, 4) is 11.8 Å². The molecule has 19 heavy (non-hydrogen) atoms. The fourth-order valence-corrected chi connectivity index (χ4v) is 3.48. The lowest BCUT2D eigenvalue weighted by Crippen LogP contribution is -2.26. The molecule has 1 saturated heterocycles. The zero-order valence-corrected chi connectivity index (χ0v) is 12.3. The van der Waals surface area contributed by atoms with Gasteiger partial charge in [0.1, 0.15) is 6.33 Å². The monoisotopic (exact) mass is 283 g/mol. The van der Waals surface area contributed by atoms with E-state index in [-0.39, 0.29) is 0 Å². The molecule has 0 aliphatic carbocycles. The third-order valence-electron chi connectivity index (χ3n) is 3.20. The molecular formula is C13H21N3O2S. The highest BCUT2D eigenvalue weighted by Crippen LogP contribution is 2.25. The first kappa shape index (κ1) is 14.4. The summed E-state index contributed by atoms with van der Waals surface area (Å²) in [5, 5.41) is 4.18. The van der Waals surface area contributed by atoms with Gasteiger partial charge in [-0.2, -0.15) is 11.8 Å². The van der Waals surface area contributed by atoms with Crippen LogP contribution in [0.15, 0.2) is 6.33 Å². The number of methoxy groups -OCH3 is 2. The van der Waals surface area contributed by atoms with Gasteiger partial charge in [-0.1, -0.05) is 6.42 Å². The van der Waals surface area contributed by atoms with Crippen molar-refractivity contribution < 1.29 is 9.47 Å². The summed E-state index contributed by atoms with van der Waals surface area (Å²) in [5.41, 5.74) is 0.883. The zero-order valence-electron chi connectivity index (χ0n) is 11.5. The molecule has 1 aliphatic heterocycles. The molecular weight excluding hydrogens is 262 g/mol. The molecule has 0 radical (unpaired) electrons. The third kappa shape index (κ3) is 3.98. The van der Waals surface area contributed by atoms with Gasteiger partial charge in [-0.15, -0.1) is 0 Å². The number of nitrogens with zero attached hydrogens (tertiary/aromatic N) is 2. The van der Waals surface area contributed by atoms with Gasteiger partial charge in [-0.25, -0.2) is 9.97 Å². The summed E-state index contributed by atoms with van der Waals surface area (Å²) in [7, 11) is 3.23.